The van der Waals surface area contributed by atoms with Gasteiger partial charge in [-0.05, 0) is 31.2 Å². The molecule has 24 heavy (non-hydrogen) atoms. The number of amides is 1. The Morgan fingerprint density at radius 1 is 1.25 bits per heavy atom. The lowest BCUT2D eigenvalue weighted by atomic mass is 10.1. The van der Waals surface area contributed by atoms with Gasteiger partial charge in [0.1, 0.15) is 5.75 Å². The van der Waals surface area contributed by atoms with E-state index in [2.05, 4.69) is 5.32 Å². The summed E-state index contributed by atoms with van der Waals surface area (Å²) in [6.45, 7) is 2.76. The van der Waals surface area contributed by atoms with Gasteiger partial charge in [-0.1, -0.05) is 6.07 Å². The zero-order chi connectivity index (χ0) is 17.5. The maximum absolute atomic E-state index is 12.4. The number of ether oxygens (including phenoxy) is 2. The number of non-ortho nitro benzene ring substituents is 1. The second-order valence-electron chi connectivity index (χ2n) is 4.93. The quantitative estimate of drug-likeness (QED) is 0.620. The molecule has 1 amide bonds. The Morgan fingerprint density at radius 3 is 2.71 bits per heavy atom. The molecule has 0 aliphatic carbocycles. The molecule has 7 heteroatoms. The third kappa shape index (κ3) is 4.30. The van der Waals surface area contributed by atoms with Crippen LogP contribution in [0.25, 0.3) is 0 Å². The van der Waals surface area contributed by atoms with E-state index in [1.54, 1.807) is 31.4 Å². The summed E-state index contributed by atoms with van der Waals surface area (Å²) in [5.74, 6) is 0.270. The SMILES string of the molecule is CCOCc1cc(C(=O)Nc2cccc([N+](=O)[O-])c2)ccc1OC. The average Bonchev–Trinajstić information content (AvgIpc) is 2.59. The average molecular weight is 330 g/mol. The van der Waals surface area contributed by atoms with Crippen molar-refractivity contribution in [2.45, 2.75) is 13.5 Å². The number of nitrogens with zero attached hydrogens (tertiary/aromatic N) is 1. The number of methoxy groups -OCH3 is 1. The van der Waals surface area contributed by atoms with Crippen molar-refractivity contribution in [1.82, 2.24) is 0 Å². The summed E-state index contributed by atoms with van der Waals surface area (Å²) in [6.07, 6.45) is 0. The summed E-state index contributed by atoms with van der Waals surface area (Å²) in [4.78, 5) is 22.6. The van der Waals surface area contributed by atoms with Gasteiger partial charge in [0, 0.05) is 35.6 Å². The van der Waals surface area contributed by atoms with Gasteiger partial charge in [-0.25, -0.2) is 0 Å². The monoisotopic (exact) mass is 330 g/mol. The van der Waals surface area contributed by atoms with Crippen molar-refractivity contribution in [2.24, 2.45) is 0 Å². The highest BCUT2D eigenvalue weighted by molar-refractivity contribution is 6.04. The molecule has 7 nitrogen and oxygen atoms in total. The molecule has 0 unspecified atom stereocenters. The summed E-state index contributed by atoms with van der Waals surface area (Å²) in [5.41, 5.74) is 1.44. The van der Waals surface area contributed by atoms with Crippen LogP contribution in [0.1, 0.15) is 22.8 Å². The Morgan fingerprint density at radius 2 is 2.04 bits per heavy atom. The second kappa shape index (κ2) is 8.07. The highest BCUT2D eigenvalue weighted by Crippen LogP contribution is 2.22. The molecule has 0 saturated carbocycles. The smallest absolute Gasteiger partial charge is 0.271 e. The molecule has 0 aliphatic rings. The van der Waals surface area contributed by atoms with Crippen LogP contribution in [0, 0.1) is 10.1 Å². The first-order valence-corrected chi connectivity index (χ1v) is 7.35. The fourth-order valence-corrected chi connectivity index (χ4v) is 2.15. The van der Waals surface area contributed by atoms with Gasteiger partial charge < -0.3 is 14.8 Å². The van der Waals surface area contributed by atoms with Gasteiger partial charge in [-0.15, -0.1) is 0 Å². The lowest BCUT2D eigenvalue weighted by Gasteiger charge is -2.11. The number of nitro benzene ring substituents is 1. The van der Waals surface area contributed by atoms with Crippen LogP contribution in [-0.4, -0.2) is 24.5 Å². The number of hydrogen-bond acceptors (Lipinski definition) is 5. The van der Waals surface area contributed by atoms with E-state index in [1.807, 2.05) is 6.92 Å². The minimum Gasteiger partial charge on any atom is -0.496 e. The van der Waals surface area contributed by atoms with Crippen LogP contribution in [0.5, 0.6) is 5.75 Å². The number of carbonyl (C=O) groups is 1. The standard InChI is InChI=1S/C17H18N2O5/c1-3-24-11-13-9-12(7-8-16(13)23-2)17(20)18-14-5-4-6-15(10-14)19(21)22/h4-10H,3,11H2,1-2H3,(H,18,20). The Hall–Kier alpha value is -2.93. The van der Waals surface area contributed by atoms with E-state index in [0.717, 1.165) is 5.56 Å². The Kier molecular flexibility index (Phi) is 5.86. The minimum atomic E-state index is -0.511. The molecule has 0 bridgehead atoms. The van der Waals surface area contributed by atoms with Crippen molar-refractivity contribution in [2.75, 3.05) is 19.0 Å². The van der Waals surface area contributed by atoms with Crippen LogP contribution in [0.3, 0.4) is 0 Å². The van der Waals surface area contributed by atoms with Crippen LogP contribution >= 0.6 is 0 Å². The highest BCUT2D eigenvalue weighted by atomic mass is 16.6. The molecule has 1 N–H and O–H groups in total. The predicted octanol–water partition coefficient (Wildman–Crippen LogP) is 3.39. The third-order valence-corrected chi connectivity index (χ3v) is 3.32. The molecule has 2 rings (SSSR count). The molecule has 2 aromatic carbocycles. The molecule has 0 aliphatic heterocycles. The second-order valence-corrected chi connectivity index (χ2v) is 4.93. The minimum absolute atomic E-state index is 0.0837. The summed E-state index contributed by atoms with van der Waals surface area (Å²) >= 11 is 0. The summed E-state index contributed by atoms with van der Waals surface area (Å²) in [5, 5.41) is 13.4. The van der Waals surface area contributed by atoms with E-state index < -0.39 is 4.92 Å². The molecule has 0 heterocycles. The lowest BCUT2D eigenvalue weighted by Crippen LogP contribution is -2.12. The number of benzene rings is 2. The van der Waals surface area contributed by atoms with E-state index >= 15 is 0 Å². The van der Waals surface area contributed by atoms with Crippen molar-refractivity contribution in [3.05, 3.63) is 63.7 Å². The molecule has 0 fully saturated rings. The third-order valence-electron chi connectivity index (χ3n) is 3.32. The van der Waals surface area contributed by atoms with Gasteiger partial charge in [0.15, 0.2) is 0 Å². The van der Waals surface area contributed by atoms with Crippen molar-refractivity contribution < 1.29 is 19.2 Å². The molecular weight excluding hydrogens is 312 g/mol. The molecule has 0 aromatic heterocycles. The number of rotatable bonds is 7. The molecule has 0 radical (unpaired) electrons. The van der Waals surface area contributed by atoms with Gasteiger partial charge in [0.05, 0.1) is 18.6 Å². The molecular formula is C17H18N2O5. The number of nitro groups is 1. The van der Waals surface area contributed by atoms with Gasteiger partial charge in [-0.3, -0.25) is 14.9 Å². The van der Waals surface area contributed by atoms with E-state index in [9.17, 15) is 14.9 Å². The van der Waals surface area contributed by atoms with E-state index in [1.165, 1.54) is 18.2 Å². The first-order chi connectivity index (χ1) is 11.5. The van der Waals surface area contributed by atoms with Gasteiger partial charge in [0.25, 0.3) is 11.6 Å². The van der Waals surface area contributed by atoms with E-state index in [4.69, 9.17) is 9.47 Å². The van der Waals surface area contributed by atoms with Crippen LogP contribution in [-0.2, 0) is 11.3 Å². The maximum Gasteiger partial charge on any atom is 0.271 e. The normalized spacial score (nSPS) is 10.2. The first kappa shape index (κ1) is 17.4. The fraction of sp³-hybridized carbons (Fsp3) is 0.235. The Balaban J connectivity index is 2.20. The van der Waals surface area contributed by atoms with E-state index in [0.29, 0.717) is 30.2 Å². The molecule has 126 valence electrons. The highest BCUT2D eigenvalue weighted by Gasteiger charge is 2.12. The van der Waals surface area contributed by atoms with Crippen molar-refractivity contribution in [3.63, 3.8) is 0 Å². The summed E-state index contributed by atoms with van der Waals surface area (Å²) < 4.78 is 10.6. The van der Waals surface area contributed by atoms with Crippen LogP contribution in [0.15, 0.2) is 42.5 Å². The number of nitrogens with one attached hydrogen (secondary N) is 1. The molecule has 0 spiro atoms. The van der Waals surface area contributed by atoms with Gasteiger partial charge in [-0.2, -0.15) is 0 Å². The molecule has 0 saturated heterocycles. The summed E-state index contributed by atoms with van der Waals surface area (Å²) in [7, 11) is 1.55. The van der Waals surface area contributed by atoms with Gasteiger partial charge in [0.2, 0.25) is 0 Å². The lowest BCUT2D eigenvalue weighted by molar-refractivity contribution is -0.384. The van der Waals surface area contributed by atoms with Crippen molar-refractivity contribution in [1.29, 1.82) is 0 Å². The molecule has 2 aromatic rings. The number of hydrogen-bond donors (Lipinski definition) is 1. The van der Waals surface area contributed by atoms with Crippen LogP contribution in [0.2, 0.25) is 0 Å². The predicted molar refractivity (Wildman–Crippen MR) is 89.4 cm³/mol. The van der Waals surface area contributed by atoms with Crippen LogP contribution in [0.4, 0.5) is 11.4 Å². The first-order valence-electron chi connectivity index (χ1n) is 7.35. The number of anilines is 1. The van der Waals surface area contributed by atoms with Crippen molar-refractivity contribution >= 4 is 17.3 Å². The maximum atomic E-state index is 12.4. The van der Waals surface area contributed by atoms with Crippen molar-refractivity contribution in [3.8, 4) is 5.75 Å². The van der Waals surface area contributed by atoms with Crippen LogP contribution < -0.4 is 10.1 Å². The zero-order valence-corrected chi connectivity index (χ0v) is 13.4. The number of carbonyl (C=O) groups excluding carboxylic acids is 1. The Labute approximate surface area is 139 Å². The van der Waals surface area contributed by atoms with Gasteiger partial charge >= 0.3 is 0 Å². The van der Waals surface area contributed by atoms with E-state index in [-0.39, 0.29) is 11.6 Å². The zero-order valence-electron chi connectivity index (χ0n) is 13.4. The fourth-order valence-electron chi connectivity index (χ4n) is 2.15. The largest absolute Gasteiger partial charge is 0.496 e. The molecule has 0 atom stereocenters. The topological polar surface area (TPSA) is 90.7 Å². The summed E-state index contributed by atoms with van der Waals surface area (Å²) in [6, 6.07) is 10.8. The Bertz CT molecular complexity index is 746.